The lowest BCUT2D eigenvalue weighted by Crippen LogP contribution is -2.39. The number of hydrogen-bond donors (Lipinski definition) is 1. The first-order chi connectivity index (χ1) is 12.1. The van der Waals surface area contributed by atoms with E-state index in [1.165, 1.54) is 0 Å². The van der Waals surface area contributed by atoms with Crippen LogP contribution in [0.2, 0.25) is 0 Å². The van der Waals surface area contributed by atoms with Crippen molar-refractivity contribution in [2.24, 2.45) is 0 Å². The van der Waals surface area contributed by atoms with Crippen LogP contribution in [0.4, 0.5) is 0 Å². The van der Waals surface area contributed by atoms with Crippen LogP contribution in [0.3, 0.4) is 0 Å². The molecule has 1 fully saturated rings. The fraction of sp³-hybridized carbons (Fsp3) is 0.500. The highest BCUT2D eigenvalue weighted by atomic mass is 16.6. The van der Waals surface area contributed by atoms with Crippen LogP contribution >= 0.6 is 0 Å². The Morgan fingerprint density at radius 1 is 1.28 bits per heavy atom. The van der Waals surface area contributed by atoms with Gasteiger partial charge in [0.2, 0.25) is 0 Å². The summed E-state index contributed by atoms with van der Waals surface area (Å²) in [6.45, 7) is 1.61. The second-order valence-electron chi connectivity index (χ2n) is 6.46. The van der Waals surface area contributed by atoms with E-state index in [0.717, 1.165) is 31.2 Å². The van der Waals surface area contributed by atoms with Crippen LogP contribution in [0.5, 0.6) is 0 Å². The summed E-state index contributed by atoms with van der Waals surface area (Å²) in [4.78, 5) is 23.9. The highest BCUT2D eigenvalue weighted by molar-refractivity contribution is 5.96. The Balaban J connectivity index is 1.91. The van der Waals surface area contributed by atoms with Gasteiger partial charge in [0, 0.05) is 18.4 Å². The van der Waals surface area contributed by atoms with Crippen LogP contribution in [-0.4, -0.2) is 35.9 Å². The second-order valence-corrected chi connectivity index (χ2v) is 6.46. The number of hydrogen-bond acceptors (Lipinski definition) is 5. The van der Waals surface area contributed by atoms with E-state index < -0.39 is 11.6 Å². The first-order valence-corrected chi connectivity index (χ1v) is 8.84. The summed E-state index contributed by atoms with van der Waals surface area (Å²) in [5.74, 6) is -0.794. The lowest BCUT2D eigenvalue weighted by atomic mass is 9.98. The first kappa shape index (κ1) is 19.2. The molecule has 1 aromatic carbocycles. The van der Waals surface area contributed by atoms with E-state index in [9.17, 15) is 14.7 Å². The molecule has 0 spiro atoms. The van der Waals surface area contributed by atoms with Crippen molar-refractivity contribution in [2.75, 3.05) is 13.2 Å². The standard InChI is InChI=1S/C20H26O5/c1-2-3-4-8-11-18(22)24-15-20(14-21)13-17(19(23)25-20)12-16-9-6-5-7-10-16/h5-7,9-10,12,21H,2-4,8,11,13-15H2,1H3/b17-12-. The van der Waals surface area contributed by atoms with E-state index in [4.69, 9.17) is 9.47 Å². The van der Waals surface area contributed by atoms with E-state index >= 15 is 0 Å². The normalized spacial score (nSPS) is 21.4. The number of aliphatic hydroxyl groups excluding tert-OH is 1. The monoisotopic (exact) mass is 346 g/mol. The van der Waals surface area contributed by atoms with Crippen molar-refractivity contribution in [1.29, 1.82) is 0 Å². The van der Waals surface area contributed by atoms with Gasteiger partial charge in [-0.2, -0.15) is 0 Å². The Morgan fingerprint density at radius 3 is 2.72 bits per heavy atom. The van der Waals surface area contributed by atoms with E-state index in [0.29, 0.717) is 12.0 Å². The zero-order chi connectivity index (χ0) is 18.1. The van der Waals surface area contributed by atoms with Gasteiger partial charge < -0.3 is 14.6 Å². The SMILES string of the molecule is CCCCCCC(=O)OCC1(CO)C/C(=C/c2ccccc2)C(=O)O1. The number of cyclic esters (lactones) is 1. The summed E-state index contributed by atoms with van der Waals surface area (Å²) < 4.78 is 10.6. The van der Waals surface area contributed by atoms with Gasteiger partial charge in [-0.15, -0.1) is 0 Å². The van der Waals surface area contributed by atoms with Crippen LogP contribution in [0.15, 0.2) is 35.9 Å². The number of aliphatic hydroxyl groups is 1. The number of ether oxygens (including phenoxy) is 2. The smallest absolute Gasteiger partial charge is 0.334 e. The predicted molar refractivity (Wildman–Crippen MR) is 94.7 cm³/mol. The molecule has 1 saturated heterocycles. The third kappa shape index (κ3) is 5.71. The molecule has 1 aliphatic rings. The third-order valence-corrected chi connectivity index (χ3v) is 4.24. The molecule has 2 rings (SSSR count). The largest absolute Gasteiger partial charge is 0.461 e. The van der Waals surface area contributed by atoms with Crippen molar-refractivity contribution >= 4 is 18.0 Å². The summed E-state index contributed by atoms with van der Waals surface area (Å²) in [6, 6.07) is 9.43. The van der Waals surface area contributed by atoms with Crippen molar-refractivity contribution in [1.82, 2.24) is 0 Å². The molecule has 25 heavy (non-hydrogen) atoms. The predicted octanol–water partition coefficient (Wildman–Crippen LogP) is 3.26. The average molecular weight is 346 g/mol. The molecule has 5 heteroatoms. The molecule has 1 unspecified atom stereocenters. The summed E-state index contributed by atoms with van der Waals surface area (Å²) in [7, 11) is 0. The number of rotatable bonds is 9. The van der Waals surface area contributed by atoms with Gasteiger partial charge in [-0.3, -0.25) is 4.79 Å². The molecule has 0 bridgehead atoms. The summed E-state index contributed by atoms with van der Waals surface area (Å²) in [5, 5.41) is 9.68. The number of carbonyl (C=O) groups excluding carboxylic acids is 2. The highest BCUT2D eigenvalue weighted by Gasteiger charge is 2.44. The Kier molecular flexibility index (Phi) is 7.19. The Labute approximate surface area is 148 Å². The minimum absolute atomic E-state index is 0.117. The third-order valence-electron chi connectivity index (χ3n) is 4.24. The Bertz CT molecular complexity index is 608. The van der Waals surface area contributed by atoms with Gasteiger partial charge in [0.05, 0.1) is 6.61 Å². The molecule has 0 saturated carbocycles. The Hall–Kier alpha value is -2.14. The fourth-order valence-corrected chi connectivity index (χ4v) is 2.77. The number of carbonyl (C=O) groups is 2. The summed E-state index contributed by atoms with van der Waals surface area (Å²) in [5.41, 5.74) is 0.187. The molecule has 0 amide bonds. The molecule has 1 aromatic rings. The number of benzene rings is 1. The minimum Gasteiger partial charge on any atom is -0.461 e. The molecule has 0 aromatic heterocycles. The maximum atomic E-state index is 12.1. The maximum absolute atomic E-state index is 12.1. The van der Waals surface area contributed by atoms with Crippen molar-refractivity contribution in [3.8, 4) is 0 Å². The second kappa shape index (κ2) is 9.37. The van der Waals surface area contributed by atoms with E-state index in [2.05, 4.69) is 6.92 Å². The molecule has 1 aliphatic heterocycles. The van der Waals surface area contributed by atoms with Crippen molar-refractivity contribution in [3.63, 3.8) is 0 Å². The van der Waals surface area contributed by atoms with E-state index in [1.807, 2.05) is 30.3 Å². The minimum atomic E-state index is -1.17. The fourth-order valence-electron chi connectivity index (χ4n) is 2.77. The van der Waals surface area contributed by atoms with Crippen LogP contribution in [0, 0.1) is 0 Å². The number of unbranched alkanes of at least 4 members (excludes halogenated alkanes) is 3. The van der Waals surface area contributed by atoms with Gasteiger partial charge in [0.25, 0.3) is 0 Å². The van der Waals surface area contributed by atoms with Gasteiger partial charge in [0.1, 0.15) is 6.61 Å². The molecular formula is C20H26O5. The summed E-state index contributed by atoms with van der Waals surface area (Å²) >= 11 is 0. The Morgan fingerprint density at radius 2 is 2.04 bits per heavy atom. The molecular weight excluding hydrogens is 320 g/mol. The van der Waals surface area contributed by atoms with Gasteiger partial charge >= 0.3 is 11.9 Å². The van der Waals surface area contributed by atoms with E-state index in [1.54, 1.807) is 6.08 Å². The van der Waals surface area contributed by atoms with Gasteiger partial charge in [-0.1, -0.05) is 56.5 Å². The van der Waals surface area contributed by atoms with Gasteiger partial charge in [0.15, 0.2) is 5.60 Å². The zero-order valence-electron chi connectivity index (χ0n) is 14.7. The van der Waals surface area contributed by atoms with E-state index in [-0.39, 0.29) is 25.6 Å². The van der Waals surface area contributed by atoms with Gasteiger partial charge in [-0.05, 0) is 18.1 Å². The topological polar surface area (TPSA) is 72.8 Å². The van der Waals surface area contributed by atoms with Crippen molar-refractivity contribution in [3.05, 3.63) is 41.5 Å². The molecule has 0 radical (unpaired) electrons. The first-order valence-electron chi connectivity index (χ1n) is 8.84. The molecule has 5 nitrogen and oxygen atoms in total. The van der Waals surface area contributed by atoms with Crippen LogP contribution in [0.1, 0.15) is 51.0 Å². The van der Waals surface area contributed by atoms with Crippen LogP contribution < -0.4 is 0 Å². The molecule has 1 atom stereocenters. The van der Waals surface area contributed by atoms with Gasteiger partial charge in [-0.25, -0.2) is 4.79 Å². The lowest BCUT2D eigenvalue weighted by molar-refractivity contribution is -0.166. The lowest BCUT2D eigenvalue weighted by Gasteiger charge is -2.24. The maximum Gasteiger partial charge on any atom is 0.334 e. The quantitative estimate of drug-likeness (QED) is 0.422. The zero-order valence-corrected chi connectivity index (χ0v) is 14.7. The van der Waals surface area contributed by atoms with Crippen LogP contribution in [0.25, 0.3) is 6.08 Å². The highest BCUT2D eigenvalue weighted by Crippen LogP contribution is 2.32. The molecule has 136 valence electrons. The average Bonchev–Trinajstić information content (AvgIpc) is 2.94. The molecule has 1 N–H and O–H groups in total. The van der Waals surface area contributed by atoms with Crippen molar-refractivity contribution in [2.45, 2.75) is 51.0 Å². The van der Waals surface area contributed by atoms with Crippen LogP contribution in [-0.2, 0) is 19.1 Å². The summed E-state index contributed by atoms with van der Waals surface area (Å²) in [6.07, 6.45) is 6.30. The van der Waals surface area contributed by atoms with Crippen molar-refractivity contribution < 1.29 is 24.2 Å². The number of esters is 2. The molecule has 1 heterocycles. The molecule has 0 aliphatic carbocycles.